The third-order valence-electron chi connectivity index (χ3n) is 6.74. The Hall–Kier alpha value is -4.53. The molecule has 38 heavy (non-hydrogen) atoms. The molecule has 0 saturated carbocycles. The van der Waals surface area contributed by atoms with E-state index in [1.165, 1.54) is 6.07 Å². The minimum absolute atomic E-state index is 0.0903. The summed E-state index contributed by atoms with van der Waals surface area (Å²) in [5.41, 5.74) is 1.35. The Morgan fingerprint density at radius 3 is 2.45 bits per heavy atom. The van der Waals surface area contributed by atoms with Crippen molar-refractivity contribution in [3.63, 3.8) is 0 Å². The van der Waals surface area contributed by atoms with E-state index in [1.807, 2.05) is 36.4 Å². The molecule has 1 atom stereocenters. The first-order valence-electron chi connectivity index (χ1n) is 12.2. The average molecular weight is 517 g/mol. The van der Waals surface area contributed by atoms with Gasteiger partial charge < -0.3 is 15.0 Å². The van der Waals surface area contributed by atoms with Crippen LogP contribution in [0.5, 0.6) is 11.5 Å². The van der Waals surface area contributed by atoms with Gasteiger partial charge in [-0.05, 0) is 67.1 Å². The van der Waals surface area contributed by atoms with Crippen molar-refractivity contribution in [1.82, 2.24) is 4.98 Å². The molecule has 3 heterocycles. The number of amides is 2. The Labute approximate surface area is 217 Å². The van der Waals surface area contributed by atoms with Crippen LogP contribution in [0.25, 0.3) is 11.3 Å². The van der Waals surface area contributed by atoms with E-state index < -0.39 is 11.7 Å². The number of halogens is 3. The van der Waals surface area contributed by atoms with Crippen molar-refractivity contribution in [1.29, 1.82) is 0 Å². The summed E-state index contributed by atoms with van der Waals surface area (Å²) in [4.78, 5) is 22.0. The summed E-state index contributed by atoms with van der Waals surface area (Å²) in [7, 11) is 0. The fourth-order valence-corrected chi connectivity index (χ4v) is 4.90. The number of ether oxygens (including phenoxy) is 1. The Morgan fingerprint density at radius 2 is 1.68 bits per heavy atom. The summed E-state index contributed by atoms with van der Waals surface area (Å²) < 4.78 is 45.7. The van der Waals surface area contributed by atoms with Crippen LogP contribution in [0.3, 0.4) is 0 Å². The number of para-hydroxylation sites is 1. The monoisotopic (exact) mass is 516 g/mol. The lowest BCUT2D eigenvalue weighted by Gasteiger charge is -2.36. The molecule has 1 aromatic heterocycles. The number of aromatic nitrogens is 1. The number of fused-ring (bicyclic) bond motifs is 4. The predicted octanol–water partition coefficient (Wildman–Crippen LogP) is 7.19. The summed E-state index contributed by atoms with van der Waals surface area (Å²) in [6.45, 7) is 1.45. The third kappa shape index (κ3) is 4.63. The van der Waals surface area contributed by atoms with Crippen molar-refractivity contribution >= 4 is 23.2 Å². The zero-order chi connectivity index (χ0) is 26.3. The van der Waals surface area contributed by atoms with Crippen molar-refractivity contribution in [2.45, 2.75) is 18.6 Å². The van der Waals surface area contributed by atoms with E-state index in [9.17, 15) is 18.0 Å². The van der Waals surface area contributed by atoms with Crippen LogP contribution in [-0.4, -0.2) is 30.1 Å². The maximum atomic E-state index is 13.5. The molecule has 0 radical (unpaired) electrons. The Kier molecular flexibility index (Phi) is 5.90. The second-order valence-electron chi connectivity index (χ2n) is 9.25. The van der Waals surface area contributed by atoms with E-state index >= 15 is 0 Å². The fraction of sp³-hybridized carbons (Fsp3) is 0.172. The number of nitrogens with one attached hydrogen (secondary N) is 1. The van der Waals surface area contributed by atoms with Crippen LogP contribution >= 0.6 is 0 Å². The van der Waals surface area contributed by atoms with Crippen LogP contribution in [0.1, 0.15) is 12.0 Å². The molecule has 2 bridgehead atoms. The van der Waals surface area contributed by atoms with Crippen molar-refractivity contribution in [3.05, 3.63) is 96.6 Å². The maximum Gasteiger partial charge on any atom is 0.416 e. The number of pyridine rings is 1. The number of carbonyl (C=O) groups is 1. The minimum atomic E-state index is -4.46. The Morgan fingerprint density at radius 1 is 0.921 bits per heavy atom. The lowest BCUT2D eigenvalue weighted by molar-refractivity contribution is -0.137. The molecule has 2 amide bonds. The molecule has 4 aromatic rings. The van der Waals surface area contributed by atoms with Crippen molar-refractivity contribution in [3.8, 4) is 22.8 Å². The van der Waals surface area contributed by atoms with E-state index in [0.29, 0.717) is 40.8 Å². The number of rotatable bonds is 4. The maximum absolute atomic E-state index is 13.5. The fourth-order valence-electron chi connectivity index (χ4n) is 4.90. The number of nitrogens with zero attached hydrogens (tertiary/aromatic N) is 3. The summed E-state index contributed by atoms with van der Waals surface area (Å²) >= 11 is 0. The van der Waals surface area contributed by atoms with E-state index in [-0.39, 0.29) is 12.1 Å². The number of hydrogen-bond acceptors (Lipinski definition) is 4. The first kappa shape index (κ1) is 23.8. The molecule has 2 aliphatic rings. The number of anilines is 3. The quantitative estimate of drug-likeness (QED) is 0.312. The number of carbonyl (C=O) groups excluding carboxylic acids is 1. The van der Waals surface area contributed by atoms with Crippen LogP contribution < -0.4 is 19.9 Å². The van der Waals surface area contributed by atoms with Crippen LogP contribution in [0.4, 0.5) is 35.2 Å². The molecule has 192 valence electrons. The highest BCUT2D eigenvalue weighted by atomic mass is 19.4. The molecule has 0 unspecified atom stereocenters. The van der Waals surface area contributed by atoms with Crippen LogP contribution in [0, 0.1) is 0 Å². The summed E-state index contributed by atoms with van der Waals surface area (Å²) in [5, 5.41) is 2.94. The molecular weight excluding hydrogens is 493 g/mol. The third-order valence-corrected chi connectivity index (χ3v) is 6.74. The van der Waals surface area contributed by atoms with Gasteiger partial charge in [0.2, 0.25) is 0 Å². The molecule has 0 aliphatic carbocycles. The van der Waals surface area contributed by atoms with Gasteiger partial charge in [0, 0.05) is 24.3 Å². The summed E-state index contributed by atoms with van der Waals surface area (Å²) in [6.07, 6.45) is -3.69. The van der Waals surface area contributed by atoms with Gasteiger partial charge in [-0.15, -0.1) is 0 Å². The SMILES string of the molecule is O=C(Nc1ccc(Oc2ccccc2)cc1)N1c2nc(-c3cccc(C(F)(F)F)c3)ccc2N2CC[C@H]1C2. The van der Waals surface area contributed by atoms with Gasteiger partial charge in [0.25, 0.3) is 0 Å². The molecule has 6 rings (SSSR count). The van der Waals surface area contributed by atoms with Gasteiger partial charge in [0.15, 0.2) is 5.82 Å². The molecule has 1 saturated heterocycles. The molecule has 1 N–H and O–H groups in total. The van der Waals surface area contributed by atoms with Gasteiger partial charge in [-0.1, -0.05) is 30.3 Å². The zero-order valence-corrected chi connectivity index (χ0v) is 20.2. The normalized spacial score (nSPS) is 16.2. The molecule has 2 aliphatic heterocycles. The van der Waals surface area contributed by atoms with Gasteiger partial charge >= 0.3 is 12.2 Å². The summed E-state index contributed by atoms with van der Waals surface area (Å²) in [6, 6.07) is 24.6. The van der Waals surface area contributed by atoms with Crippen molar-refractivity contribution in [2.24, 2.45) is 0 Å². The highest BCUT2D eigenvalue weighted by Crippen LogP contribution is 2.41. The largest absolute Gasteiger partial charge is 0.457 e. The van der Waals surface area contributed by atoms with Gasteiger partial charge in [-0.2, -0.15) is 13.2 Å². The number of alkyl halides is 3. The van der Waals surface area contributed by atoms with Crippen LogP contribution in [0.2, 0.25) is 0 Å². The highest BCUT2D eigenvalue weighted by Gasteiger charge is 2.40. The molecular formula is C29H23F3N4O2. The minimum Gasteiger partial charge on any atom is -0.457 e. The van der Waals surface area contributed by atoms with Gasteiger partial charge in [-0.25, -0.2) is 9.78 Å². The number of hydrogen-bond donors (Lipinski definition) is 1. The van der Waals surface area contributed by atoms with Gasteiger partial charge in [0.05, 0.1) is 23.0 Å². The second kappa shape index (κ2) is 9.41. The zero-order valence-electron chi connectivity index (χ0n) is 20.2. The number of benzene rings is 3. The van der Waals surface area contributed by atoms with E-state index in [0.717, 1.165) is 30.8 Å². The van der Waals surface area contributed by atoms with Crippen LogP contribution in [0.15, 0.2) is 91.0 Å². The smallest absolute Gasteiger partial charge is 0.416 e. The standard InChI is InChI=1S/C29H23F3N4O2/c30-29(31,32)20-6-4-5-19(17-20)25-13-14-26-27(34-25)36(22-15-16-35(26)18-22)28(37)33-21-9-11-24(12-10-21)38-23-7-2-1-3-8-23/h1-14,17,22H,15-16,18H2,(H,33,37)/t22-/m0/s1. The van der Waals surface area contributed by atoms with Crippen molar-refractivity contribution < 1.29 is 22.7 Å². The highest BCUT2D eigenvalue weighted by molar-refractivity contribution is 6.04. The molecule has 6 nitrogen and oxygen atoms in total. The van der Waals surface area contributed by atoms with Gasteiger partial charge in [0.1, 0.15) is 11.5 Å². The lowest BCUT2D eigenvalue weighted by Crippen LogP contribution is -2.48. The first-order valence-corrected chi connectivity index (χ1v) is 12.2. The van der Waals surface area contributed by atoms with E-state index in [1.54, 1.807) is 41.3 Å². The molecule has 3 aromatic carbocycles. The number of urea groups is 1. The predicted molar refractivity (Wildman–Crippen MR) is 140 cm³/mol. The lowest BCUT2D eigenvalue weighted by atomic mass is 10.1. The van der Waals surface area contributed by atoms with Crippen LogP contribution in [-0.2, 0) is 6.18 Å². The van der Waals surface area contributed by atoms with E-state index in [4.69, 9.17) is 4.74 Å². The molecule has 0 spiro atoms. The van der Waals surface area contributed by atoms with E-state index in [2.05, 4.69) is 15.2 Å². The Balaban J connectivity index is 1.26. The second-order valence-corrected chi connectivity index (χ2v) is 9.25. The first-order chi connectivity index (χ1) is 18.3. The Bertz CT molecular complexity index is 1480. The topological polar surface area (TPSA) is 57.7 Å². The summed E-state index contributed by atoms with van der Waals surface area (Å²) in [5.74, 6) is 1.79. The van der Waals surface area contributed by atoms with Crippen molar-refractivity contribution in [2.75, 3.05) is 28.2 Å². The molecule has 1 fully saturated rings. The average Bonchev–Trinajstić information content (AvgIpc) is 3.34. The molecule has 9 heteroatoms. The van der Waals surface area contributed by atoms with Gasteiger partial charge in [-0.3, -0.25) is 4.90 Å².